The number of thioether (sulfide) groups is 1. The number of aromatic nitrogens is 2. The van der Waals surface area contributed by atoms with Gasteiger partial charge in [0.15, 0.2) is 5.82 Å². The fourth-order valence-corrected chi connectivity index (χ4v) is 2.93. The van der Waals surface area contributed by atoms with E-state index < -0.39 is 5.60 Å². The van der Waals surface area contributed by atoms with Crippen LogP contribution < -0.4 is 5.32 Å². The molecule has 2 heterocycles. The number of anilines is 1. The Bertz CT molecular complexity index is 418. The van der Waals surface area contributed by atoms with Crippen LogP contribution in [0.1, 0.15) is 37.4 Å². The largest absolute Gasteiger partial charge is 0.373 e. The van der Waals surface area contributed by atoms with Crippen LogP contribution in [-0.4, -0.2) is 24.1 Å². The monoisotopic (exact) mass is 253 g/mol. The van der Waals surface area contributed by atoms with Crippen LogP contribution in [0.4, 0.5) is 5.82 Å². The molecule has 0 fully saturated rings. The van der Waals surface area contributed by atoms with Crippen LogP contribution in [0.5, 0.6) is 0 Å². The maximum Gasteiger partial charge on any atom is 0.162 e. The van der Waals surface area contributed by atoms with E-state index in [0.29, 0.717) is 0 Å². The maximum absolute atomic E-state index is 5.57. The maximum atomic E-state index is 5.57. The van der Waals surface area contributed by atoms with Gasteiger partial charge in [0.2, 0.25) is 0 Å². The Balaban J connectivity index is 2.50. The second kappa shape index (κ2) is 4.82. The summed E-state index contributed by atoms with van der Waals surface area (Å²) >= 11 is 1.88. The average molecular weight is 253 g/mol. The molecule has 17 heavy (non-hydrogen) atoms. The highest BCUT2D eigenvalue weighted by Gasteiger charge is 2.30. The predicted octanol–water partition coefficient (Wildman–Crippen LogP) is 2.54. The smallest absolute Gasteiger partial charge is 0.162 e. The minimum Gasteiger partial charge on any atom is -0.373 e. The van der Waals surface area contributed by atoms with E-state index in [-0.39, 0.29) is 0 Å². The SMILES string of the molecule is CCC(C)(OC)c1nc2c(c(NC)n1)CSC2. The molecule has 5 heteroatoms. The number of hydrogen-bond acceptors (Lipinski definition) is 5. The molecule has 1 N–H and O–H groups in total. The topological polar surface area (TPSA) is 47.0 Å². The van der Waals surface area contributed by atoms with Crippen molar-refractivity contribution in [3.05, 3.63) is 17.1 Å². The molecule has 1 unspecified atom stereocenters. The first kappa shape index (κ1) is 12.6. The van der Waals surface area contributed by atoms with Crippen molar-refractivity contribution in [3.8, 4) is 0 Å². The molecule has 4 nitrogen and oxygen atoms in total. The van der Waals surface area contributed by atoms with Gasteiger partial charge in [0.05, 0.1) is 5.69 Å². The molecule has 94 valence electrons. The molecule has 0 radical (unpaired) electrons. The number of ether oxygens (including phenoxy) is 1. The van der Waals surface area contributed by atoms with E-state index in [1.54, 1.807) is 7.11 Å². The van der Waals surface area contributed by atoms with Crippen molar-refractivity contribution in [2.45, 2.75) is 37.4 Å². The van der Waals surface area contributed by atoms with Gasteiger partial charge in [-0.2, -0.15) is 11.8 Å². The van der Waals surface area contributed by atoms with E-state index in [1.807, 2.05) is 25.7 Å². The zero-order valence-electron chi connectivity index (χ0n) is 10.8. The van der Waals surface area contributed by atoms with Crippen molar-refractivity contribution in [1.29, 1.82) is 0 Å². The normalized spacial score (nSPS) is 17.6. The van der Waals surface area contributed by atoms with Crippen LogP contribution in [0.2, 0.25) is 0 Å². The third kappa shape index (κ3) is 2.13. The summed E-state index contributed by atoms with van der Waals surface area (Å²) in [5.74, 6) is 3.71. The second-order valence-electron chi connectivity index (χ2n) is 4.35. The molecule has 1 aliphatic rings. The summed E-state index contributed by atoms with van der Waals surface area (Å²) in [4.78, 5) is 9.29. The Morgan fingerprint density at radius 1 is 1.41 bits per heavy atom. The first-order chi connectivity index (χ1) is 8.14. The lowest BCUT2D eigenvalue weighted by molar-refractivity contribution is -0.00901. The number of hydrogen-bond donors (Lipinski definition) is 1. The van der Waals surface area contributed by atoms with E-state index in [2.05, 4.69) is 22.2 Å². The van der Waals surface area contributed by atoms with Crippen molar-refractivity contribution < 1.29 is 4.74 Å². The van der Waals surface area contributed by atoms with Gasteiger partial charge in [0.1, 0.15) is 11.4 Å². The first-order valence-corrected chi connectivity index (χ1v) is 7.01. The zero-order valence-corrected chi connectivity index (χ0v) is 11.6. The molecule has 0 saturated heterocycles. The molecule has 0 bridgehead atoms. The van der Waals surface area contributed by atoms with Crippen LogP contribution in [0, 0.1) is 0 Å². The number of rotatable bonds is 4. The van der Waals surface area contributed by atoms with Crippen LogP contribution in [0.3, 0.4) is 0 Å². The molecule has 1 aromatic heterocycles. The van der Waals surface area contributed by atoms with Gasteiger partial charge < -0.3 is 10.1 Å². The summed E-state index contributed by atoms with van der Waals surface area (Å²) in [6.45, 7) is 4.13. The highest BCUT2D eigenvalue weighted by atomic mass is 32.2. The van der Waals surface area contributed by atoms with Gasteiger partial charge in [0.25, 0.3) is 0 Å². The summed E-state index contributed by atoms with van der Waals surface area (Å²) in [5, 5.41) is 3.17. The number of nitrogens with one attached hydrogen (secondary N) is 1. The van der Waals surface area contributed by atoms with Crippen LogP contribution >= 0.6 is 11.8 Å². The second-order valence-corrected chi connectivity index (χ2v) is 5.34. The molecule has 0 spiro atoms. The highest BCUT2D eigenvalue weighted by molar-refractivity contribution is 7.98. The lowest BCUT2D eigenvalue weighted by Crippen LogP contribution is -2.27. The van der Waals surface area contributed by atoms with E-state index in [4.69, 9.17) is 4.74 Å². The van der Waals surface area contributed by atoms with Gasteiger partial charge >= 0.3 is 0 Å². The molecule has 2 rings (SSSR count). The highest BCUT2D eigenvalue weighted by Crippen LogP contribution is 2.35. The molecule has 0 amide bonds. The van der Waals surface area contributed by atoms with Crippen molar-refractivity contribution in [2.75, 3.05) is 19.5 Å². The molecule has 1 aromatic rings. The van der Waals surface area contributed by atoms with Crippen molar-refractivity contribution in [1.82, 2.24) is 9.97 Å². The van der Waals surface area contributed by atoms with Crippen LogP contribution in [-0.2, 0) is 21.8 Å². The lowest BCUT2D eigenvalue weighted by atomic mass is 10.0. The standard InChI is InChI=1S/C12H19N3OS/c1-5-12(2,16-4)11-14-9-7-17-6-8(9)10(13-3)15-11/h5-7H2,1-4H3,(H,13,14,15). The quantitative estimate of drug-likeness (QED) is 0.893. The van der Waals surface area contributed by atoms with Gasteiger partial charge in [-0.3, -0.25) is 0 Å². The Morgan fingerprint density at radius 3 is 2.76 bits per heavy atom. The molecular weight excluding hydrogens is 234 g/mol. The number of methoxy groups -OCH3 is 1. The molecule has 0 aromatic carbocycles. The minimum absolute atomic E-state index is 0.395. The van der Waals surface area contributed by atoms with Gasteiger partial charge in [-0.15, -0.1) is 0 Å². The van der Waals surface area contributed by atoms with E-state index in [9.17, 15) is 0 Å². The summed E-state index contributed by atoms with van der Waals surface area (Å²) in [6.07, 6.45) is 0.860. The molecule has 1 aliphatic heterocycles. The average Bonchev–Trinajstić information content (AvgIpc) is 2.84. The molecule has 1 atom stereocenters. The van der Waals surface area contributed by atoms with Crippen LogP contribution in [0.15, 0.2) is 0 Å². The van der Waals surface area contributed by atoms with Gasteiger partial charge in [0, 0.05) is 31.2 Å². The number of fused-ring (bicyclic) bond motifs is 1. The Labute approximate surface area is 107 Å². The summed E-state index contributed by atoms with van der Waals surface area (Å²) in [5.41, 5.74) is 2.00. The summed E-state index contributed by atoms with van der Waals surface area (Å²) < 4.78 is 5.57. The minimum atomic E-state index is -0.395. The van der Waals surface area contributed by atoms with Crippen molar-refractivity contribution >= 4 is 17.6 Å². The predicted molar refractivity (Wildman–Crippen MR) is 71.2 cm³/mol. The van der Waals surface area contributed by atoms with Gasteiger partial charge in [-0.05, 0) is 13.3 Å². The van der Waals surface area contributed by atoms with E-state index in [1.165, 1.54) is 5.56 Å². The Morgan fingerprint density at radius 2 is 2.18 bits per heavy atom. The fraction of sp³-hybridized carbons (Fsp3) is 0.667. The summed E-state index contributed by atoms with van der Waals surface area (Å²) in [6, 6.07) is 0. The molecular formula is C12H19N3OS. The lowest BCUT2D eigenvalue weighted by Gasteiger charge is -2.26. The Kier molecular flexibility index (Phi) is 3.58. The van der Waals surface area contributed by atoms with Crippen LogP contribution in [0.25, 0.3) is 0 Å². The van der Waals surface area contributed by atoms with E-state index in [0.717, 1.165) is 35.3 Å². The third-order valence-corrected chi connectivity index (χ3v) is 4.38. The third-order valence-electron chi connectivity index (χ3n) is 3.41. The molecule has 0 aliphatic carbocycles. The van der Waals surface area contributed by atoms with Crippen molar-refractivity contribution in [3.63, 3.8) is 0 Å². The summed E-state index contributed by atoms with van der Waals surface area (Å²) in [7, 11) is 3.62. The first-order valence-electron chi connectivity index (χ1n) is 5.85. The Hall–Kier alpha value is -0.810. The number of nitrogens with zero attached hydrogens (tertiary/aromatic N) is 2. The fourth-order valence-electron chi connectivity index (χ4n) is 1.89. The molecule has 0 saturated carbocycles. The van der Waals surface area contributed by atoms with Gasteiger partial charge in [-0.1, -0.05) is 6.92 Å². The van der Waals surface area contributed by atoms with E-state index >= 15 is 0 Å². The zero-order chi connectivity index (χ0) is 12.5. The van der Waals surface area contributed by atoms with Crippen molar-refractivity contribution in [2.24, 2.45) is 0 Å². The van der Waals surface area contributed by atoms with Gasteiger partial charge in [-0.25, -0.2) is 9.97 Å².